The van der Waals surface area contributed by atoms with Gasteiger partial charge in [-0.05, 0) is 5.92 Å². The van der Waals surface area contributed by atoms with Gasteiger partial charge in [0.05, 0.1) is 6.04 Å². The van der Waals surface area contributed by atoms with Crippen molar-refractivity contribution in [2.24, 2.45) is 16.8 Å². The van der Waals surface area contributed by atoms with Crippen molar-refractivity contribution in [3.05, 3.63) is 0 Å². The van der Waals surface area contributed by atoms with Crippen LogP contribution in [0, 0.1) is 5.92 Å². The molecule has 0 aromatic rings. The third-order valence-corrected chi connectivity index (χ3v) is 1.69. The standard InChI is InChI=1S/C8H17N3O3/c1-5(2)7(8(9)11-13)10-6(12)4-14-3/h5,7,13H,4H2,1-3H3,(H2,9,11)(H,10,12). The van der Waals surface area contributed by atoms with Gasteiger partial charge in [-0.2, -0.15) is 0 Å². The molecule has 1 amide bonds. The Balaban J connectivity index is 4.31. The Morgan fingerprint density at radius 1 is 1.64 bits per heavy atom. The molecule has 0 bridgehead atoms. The maximum absolute atomic E-state index is 11.1. The zero-order valence-corrected chi connectivity index (χ0v) is 8.65. The van der Waals surface area contributed by atoms with Gasteiger partial charge in [0.1, 0.15) is 6.61 Å². The zero-order valence-electron chi connectivity index (χ0n) is 8.65. The van der Waals surface area contributed by atoms with E-state index in [9.17, 15) is 4.79 Å². The molecule has 0 aliphatic heterocycles. The lowest BCUT2D eigenvalue weighted by Gasteiger charge is -2.20. The van der Waals surface area contributed by atoms with Gasteiger partial charge in [-0.15, -0.1) is 0 Å². The van der Waals surface area contributed by atoms with E-state index >= 15 is 0 Å². The minimum atomic E-state index is -0.470. The Kier molecular flexibility index (Phi) is 5.62. The topological polar surface area (TPSA) is 96.9 Å². The number of amides is 1. The summed E-state index contributed by atoms with van der Waals surface area (Å²) in [5.74, 6) is -0.256. The van der Waals surface area contributed by atoms with Crippen molar-refractivity contribution in [2.75, 3.05) is 13.7 Å². The van der Waals surface area contributed by atoms with Crippen LogP contribution in [-0.2, 0) is 9.53 Å². The van der Waals surface area contributed by atoms with Crippen LogP contribution in [-0.4, -0.2) is 36.7 Å². The highest BCUT2D eigenvalue weighted by atomic mass is 16.5. The maximum Gasteiger partial charge on any atom is 0.246 e. The average molecular weight is 203 g/mol. The van der Waals surface area contributed by atoms with E-state index in [4.69, 9.17) is 10.9 Å². The monoisotopic (exact) mass is 203 g/mol. The molecule has 0 saturated carbocycles. The Labute approximate surface area is 83.1 Å². The smallest absolute Gasteiger partial charge is 0.246 e. The van der Waals surface area contributed by atoms with Gasteiger partial charge < -0.3 is 21.0 Å². The lowest BCUT2D eigenvalue weighted by molar-refractivity contribution is -0.125. The normalized spacial score (nSPS) is 14.1. The first-order chi connectivity index (χ1) is 6.52. The second-order valence-corrected chi connectivity index (χ2v) is 3.25. The molecule has 0 aliphatic rings. The number of carbonyl (C=O) groups is 1. The first-order valence-electron chi connectivity index (χ1n) is 4.28. The first kappa shape index (κ1) is 12.7. The SMILES string of the molecule is COCC(=O)NC(C(N)=NO)C(C)C. The van der Waals surface area contributed by atoms with Gasteiger partial charge in [0, 0.05) is 7.11 Å². The van der Waals surface area contributed by atoms with E-state index < -0.39 is 6.04 Å². The second kappa shape index (κ2) is 6.20. The Morgan fingerprint density at radius 2 is 2.21 bits per heavy atom. The molecule has 0 aliphatic carbocycles. The number of hydrogen-bond donors (Lipinski definition) is 3. The van der Waals surface area contributed by atoms with E-state index in [2.05, 4.69) is 15.2 Å². The predicted octanol–water partition coefficient (Wildman–Crippen LogP) is -0.480. The number of nitrogens with one attached hydrogen (secondary N) is 1. The molecule has 6 nitrogen and oxygen atoms in total. The van der Waals surface area contributed by atoms with Gasteiger partial charge in [-0.25, -0.2) is 0 Å². The number of ether oxygens (including phenoxy) is 1. The number of hydrogen-bond acceptors (Lipinski definition) is 4. The van der Waals surface area contributed by atoms with Gasteiger partial charge in [-0.3, -0.25) is 4.79 Å². The van der Waals surface area contributed by atoms with Gasteiger partial charge in [0.25, 0.3) is 0 Å². The maximum atomic E-state index is 11.1. The Morgan fingerprint density at radius 3 is 2.57 bits per heavy atom. The van der Waals surface area contributed by atoms with Crippen LogP contribution in [0.1, 0.15) is 13.8 Å². The van der Waals surface area contributed by atoms with Crippen LogP contribution in [0.2, 0.25) is 0 Å². The van der Waals surface area contributed by atoms with E-state index in [-0.39, 0.29) is 24.3 Å². The molecule has 6 heteroatoms. The first-order valence-corrected chi connectivity index (χ1v) is 4.28. The van der Waals surface area contributed by atoms with Crippen molar-refractivity contribution < 1.29 is 14.7 Å². The van der Waals surface area contributed by atoms with Gasteiger partial charge in [0.2, 0.25) is 5.91 Å². The third kappa shape index (κ3) is 4.08. The zero-order chi connectivity index (χ0) is 11.1. The predicted molar refractivity (Wildman–Crippen MR) is 52.1 cm³/mol. The summed E-state index contributed by atoms with van der Waals surface area (Å²) in [6.07, 6.45) is 0. The fourth-order valence-corrected chi connectivity index (χ4v) is 0.991. The van der Waals surface area contributed by atoms with E-state index in [1.54, 1.807) is 0 Å². The molecular formula is C8H17N3O3. The van der Waals surface area contributed by atoms with Crippen molar-refractivity contribution in [1.29, 1.82) is 0 Å². The number of carbonyl (C=O) groups excluding carboxylic acids is 1. The van der Waals surface area contributed by atoms with Crippen LogP contribution in [0.4, 0.5) is 0 Å². The summed E-state index contributed by atoms with van der Waals surface area (Å²) >= 11 is 0. The minimum absolute atomic E-state index is 0.00977. The molecule has 0 heterocycles. The van der Waals surface area contributed by atoms with Crippen LogP contribution in [0.15, 0.2) is 5.16 Å². The fraction of sp³-hybridized carbons (Fsp3) is 0.750. The molecule has 0 spiro atoms. The highest BCUT2D eigenvalue weighted by Crippen LogP contribution is 2.01. The van der Waals surface area contributed by atoms with E-state index in [1.807, 2.05) is 13.8 Å². The van der Waals surface area contributed by atoms with Crippen LogP contribution >= 0.6 is 0 Å². The summed E-state index contributed by atoms with van der Waals surface area (Å²) < 4.78 is 4.64. The average Bonchev–Trinajstić information content (AvgIpc) is 2.13. The molecule has 0 radical (unpaired) electrons. The lowest BCUT2D eigenvalue weighted by Crippen LogP contribution is -2.48. The molecule has 0 saturated heterocycles. The van der Waals surface area contributed by atoms with Crippen molar-refractivity contribution in [2.45, 2.75) is 19.9 Å². The van der Waals surface area contributed by atoms with Gasteiger partial charge in [-0.1, -0.05) is 19.0 Å². The summed E-state index contributed by atoms with van der Waals surface area (Å²) in [4.78, 5) is 11.1. The Hall–Kier alpha value is -1.30. The largest absolute Gasteiger partial charge is 0.409 e. The van der Waals surface area contributed by atoms with E-state index in [1.165, 1.54) is 7.11 Å². The van der Waals surface area contributed by atoms with Gasteiger partial charge >= 0.3 is 0 Å². The van der Waals surface area contributed by atoms with Crippen molar-refractivity contribution in [3.8, 4) is 0 Å². The molecule has 1 atom stereocenters. The van der Waals surface area contributed by atoms with Crippen LogP contribution in [0.3, 0.4) is 0 Å². The molecule has 0 aromatic heterocycles. The number of nitrogens with two attached hydrogens (primary N) is 1. The Bertz CT molecular complexity index is 216. The lowest BCUT2D eigenvalue weighted by atomic mass is 10.0. The summed E-state index contributed by atoms with van der Waals surface area (Å²) in [5, 5.41) is 13.9. The summed E-state index contributed by atoms with van der Waals surface area (Å²) in [7, 11) is 1.42. The molecule has 1 unspecified atom stereocenters. The van der Waals surface area contributed by atoms with Crippen LogP contribution in [0.25, 0.3) is 0 Å². The van der Waals surface area contributed by atoms with E-state index in [0.717, 1.165) is 0 Å². The van der Waals surface area contributed by atoms with Crippen LogP contribution in [0.5, 0.6) is 0 Å². The van der Waals surface area contributed by atoms with Crippen molar-refractivity contribution in [1.82, 2.24) is 5.32 Å². The fourth-order valence-electron chi connectivity index (χ4n) is 0.991. The summed E-state index contributed by atoms with van der Waals surface area (Å²) in [5.41, 5.74) is 5.41. The highest BCUT2D eigenvalue weighted by Gasteiger charge is 2.20. The molecule has 0 aromatic carbocycles. The number of nitrogens with zero attached hydrogens (tertiary/aromatic N) is 1. The number of oxime groups is 1. The highest BCUT2D eigenvalue weighted by molar-refractivity contribution is 5.90. The molecule has 82 valence electrons. The number of methoxy groups -OCH3 is 1. The van der Waals surface area contributed by atoms with E-state index in [0.29, 0.717) is 0 Å². The quantitative estimate of drug-likeness (QED) is 0.243. The van der Waals surface area contributed by atoms with Crippen molar-refractivity contribution in [3.63, 3.8) is 0 Å². The summed E-state index contributed by atoms with van der Waals surface area (Å²) in [6.45, 7) is 3.67. The third-order valence-electron chi connectivity index (χ3n) is 1.69. The number of amidine groups is 1. The minimum Gasteiger partial charge on any atom is -0.409 e. The second-order valence-electron chi connectivity index (χ2n) is 3.25. The molecule has 0 rings (SSSR count). The number of rotatable bonds is 5. The molecular weight excluding hydrogens is 186 g/mol. The summed E-state index contributed by atoms with van der Waals surface area (Å²) in [6, 6.07) is -0.470. The molecule has 0 fully saturated rings. The molecule has 4 N–H and O–H groups in total. The molecule has 14 heavy (non-hydrogen) atoms. The van der Waals surface area contributed by atoms with Gasteiger partial charge in [0.15, 0.2) is 5.84 Å². The van der Waals surface area contributed by atoms with Crippen molar-refractivity contribution >= 4 is 11.7 Å². The van der Waals surface area contributed by atoms with Crippen LogP contribution < -0.4 is 11.1 Å².